The second-order valence-corrected chi connectivity index (χ2v) is 5.49. The molecule has 2 rings (SSSR count). The van der Waals surface area contributed by atoms with Gasteiger partial charge in [-0.3, -0.25) is 4.79 Å². The van der Waals surface area contributed by atoms with Gasteiger partial charge in [0.15, 0.2) is 0 Å². The van der Waals surface area contributed by atoms with Gasteiger partial charge in [0.2, 0.25) is 5.91 Å². The normalized spacial score (nSPS) is 16.2. The minimum absolute atomic E-state index is 0.0475. The van der Waals surface area contributed by atoms with Crippen molar-refractivity contribution in [3.8, 4) is 0 Å². The number of nitrogens with one attached hydrogen (secondary N) is 2. The fourth-order valence-corrected chi connectivity index (χ4v) is 2.57. The minimum atomic E-state index is -0.0475. The van der Waals surface area contributed by atoms with Crippen LogP contribution in [0.5, 0.6) is 0 Å². The maximum Gasteiger partial charge on any atom is 0.243 e. The molecule has 0 spiro atoms. The number of nitrogens with zero attached hydrogens (tertiary/aromatic N) is 2. The zero-order valence-electron chi connectivity index (χ0n) is 12.4. The van der Waals surface area contributed by atoms with Gasteiger partial charge in [-0.05, 0) is 56.0 Å². The van der Waals surface area contributed by atoms with E-state index in [2.05, 4.69) is 20.8 Å². The Balaban J connectivity index is 1.54. The van der Waals surface area contributed by atoms with Crippen LogP contribution in [0.2, 0.25) is 0 Å². The standard InChI is InChI=1S/C16H24N4O/c21-16(5-4-15-8-12-19-20-13-15)18-9-2-1-3-14-6-10-17-11-7-14/h4-5,8,12-14,17H,1-3,6-7,9-11H2,(H,18,21)/b5-4+. The third-order valence-corrected chi connectivity index (χ3v) is 3.83. The maximum atomic E-state index is 11.6. The number of hydrogen-bond acceptors (Lipinski definition) is 4. The van der Waals surface area contributed by atoms with Gasteiger partial charge >= 0.3 is 0 Å². The molecular weight excluding hydrogens is 264 g/mol. The summed E-state index contributed by atoms with van der Waals surface area (Å²) in [5.41, 5.74) is 0.881. The zero-order chi connectivity index (χ0) is 14.8. The lowest BCUT2D eigenvalue weighted by Crippen LogP contribution is -2.28. The van der Waals surface area contributed by atoms with E-state index in [1.54, 1.807) is 24.5 Å². The predicted molar refractivity (Wildman–Crippen MR) is 83.5 cm³/mol. The maximum absolute atomic E-state index is 11.6. The quantitative estimate of drug-likeness (QED) is 0.593. The first-order valence-corrected chi connectivity index (χ1v) is 7.78. The van der Waals surface area contributed by atoms with E-state index in [9.17, 15) is 4.79 Å². The highest BCUT2D eigenvalue weighted by Gasteiger charge is 2.11. The lowest BCUT2D eigenvalue weighted by atomic mass is 9.92. The van der Waals surface area contributed by atoms with E-state index < -0.39 is 0 Å². The molecule has 1 aromatic heterocycles. The van der Waals surface area contributed by atoms with Gasteiger partial charge in [-0.2, -0.15) is 10.2 Å². The molecule has 5 nitrogen and oxygen atoms in total. The van der Waals surface area contributed by atoms with Crippen LogP contribution in [0.4, 0.5) is 0 Å². The molecule has 114 valence electrons. The first kappa shape index (κ1) is 15.6. The molecule has 0 aliphatic carbocycles. The topological polar surface area (TPSA) is 66.9 Å². The summed E-state index contributed by atoms with van der Waals surface area (Å²) < 4.78 is 0. The molecule has 1 amide bonds. The van der Waals surface area contributed by atoms with Gasteiger partial charge in [0.05, 0.1) is 12.4 Å². The first-order valence-electron chi connectivity index (χ1n) is 7.78. The van der Waals surface area contributed by atoms with Crippen molar-refractivity contribution in [1.82, 2.24) is 20.8 Å². The number of unbranched alkanes of at least 4 members (excludes halogenated alkanes) is 1. The number of carbonyl (C=O) groups excluding carboxylic acids is 1. The molecular formula is C16H24N4O. The molecule has 0 saturated carbocycles. The SMILES string of the molecule is O=C(/C=C/c1ccnnc1)NCCCCC1CCNCC1. The van der Waals surface area contributed by atoms with Gasteiger partial charge in [-0.1, -0.05) is 12.8 Å². The van der Waals surface area contributed by atoms with Crippen molar-refractivity contribution in [3.05, 3.63) is 30.1 Å². The molecule has 2 heterocycles. The summed E-state index contributed by atoms with van der Waals surface area (Å²) in [5, 5.41) is 13.8. The van der Waals surface area contributed by atoms with E-state index in [1.165, 1.54) is 25.7 Å². The van der Waals surface area contributed by atoms with Crippen LogP contribution in [0.25, 0.3) is 6.08 Å². The van der Waals surface area contributed by atoms with Crippen molar-refractivity contribution < 1.29 is 4.79 Å². The highest BCUT2D eigenvalue weighted by molar-refractivity contribution is 5.91. The zero-order valence-corrected chi connectivity index (χ0v) is 12.4. The number of rotatable bonds is 7. The van der Waals surface area contributed by atoms with Crippen LogP contribution >= 0.6 is 0 Å². The van der Waals surface area contributed by atoms with Crippen LogP contribution in [0.1, 0.15) is 37.7 Å². The number of piperidine rings is 1. The van der Waals surface area contributed by atoms with Crippen molar-refractivity contribution in [2.45, 2.75) is 32.1 Å². The van der Waals surface area contributed by atoms with E-state index in [4.69, 9.17) is 0 Å². The molecule has 1 aromatic rings. The highest BCUT2D eigenvalue weighted by atomic mass is 16.1. The van der Waals surface area contributed by atoms with E-state index in [-0.39, 0.29) is 5.91 Å². The van der Waals surface area contributed by atoms with Crippen molar-refractivity contribution in [3.63, 3.8) is 0 Å². The Kier molecular flexibility index (Phi) is 6.88. The largest absolute Gasteiger partial charge is 0.353 e. The van der Waals surface area contributed by atoms with Crippen LogP contribution in [-0.2, 0) is 4.79 Å². The van der Waals surface area contributed by atoms with E-state index >= 15 is 0 Å². The Labute approximate surface area is 126 Å². The van der Waals surface area contributed by atoms with Crippen molar-refractivity contribution in [2.24, 2.45) is 5.92 Å². The summed E-state index contributed by atoms with van der Waals surface area (Å²) >= 11 is 0. The van der Waals surface area contributed by atoms with Gasteiger partial charge in [0, 0.05) is 12.6 Å². The Morgan fingerprint density at radius 2 is 2.19 bits per heavy atom. The lowest BCUT2D eigenvalue weighted by molar-refractivity contribution is -0.116. The van der Waals surface area contributed by atoms with Crippen LogP contribution < -0.4 is 10.6 Å². The van der Waals surface area contributed by atoms with Crippen molar-refractivity contribution in [2.75, 3.05) is 19.6 Å². The van der Waals surface area contributed by atoms with Gasteiger partial charge < -0.3 is 10.6 Å². The minimum Gasteiger partial charge on any atom is -0.353 e. The van der Waals surface area contributed by atoms with Crippen LogP contribution in [0.3, 0.4) is 0 Å². The van der Waals surface area contributed by atoms with Gasteiger partial charge in [0.1, 0.15) is 0 Å². The summed E-state index contributed by atoms with van der Waals surface area (Å²) in [6.45, 7) is 3.08. The number of amides is 1. The second kappa shape index (κ2) is 9.23. The van der Waals surface area contributed by atoms with Crippen molar-refractivity contribution >= 4 is 12.0 Å². The molecule has 2 N–H and O–H groups in total. The fraction of sp³-hybridized carbons (Fsp3) is 0.562. The summed E-state index contributed by atoms with van der Waals surface area (Å²) in [7, 11) is 0. The third kappa shape index (κ3) is 6.49. The van der Waals surface area contributed by atoms with E-state index in [1.807, 2.05) is 6.07 Å². The number of carbonyl (C=O) groups is 1. The van der Waals surface area contributed by atoms with Gasteiger partial charge in [-0.15, -0.1) is 0 Å². The van der Waals surface area contributed by atoms with Crippen LogP contribution in [0.15, 0.2) is 24.5 Å². The smallest absolute Gasteiger partial charge is 0.243 e. The Bertz CT molecular complexity index is 441. The summed E-state index contributed by atoms with van der Waals surface area (Å²) in [5.74, 6) is 0.828. The molecule has 0 aromatic carbocycles. The molecule has 0 bridgehead atoms. The number of aromatic nitrogens is 2. The molecule has 1 aliphatic heterocycles. The van der Waals surface area contributed by atoms with E-state index in [0.717, 1.165) is 37.5 Å². The molecule has 1 fully saturated rings. The van der Waals surface area contributed by atoms with Crippen LogP contribution in [-0.4, -0.2) is 35.7 Å². The van der Waals surface area contributed by atoms with Crippen LogP contribution in [0, 0.1) is 5.92 Å². The summed E-state index contributed by atoms with van der Waals surface area (Å²) in [4.78, 5) is 11.6. The Morgan fingerprint density at radius 3 is 2.95 bits per heavy atom. The highest BCUT2D eigenvalue weighted by Crippen LogP contribution is 2.18. The monoisotopic (exact) mass is 288 g/mol. The summed E-state index contributed by atoms with van der Waals surface area (Å²) in [6, 6.07) is 1.82. The average molecular weight is 288 g/mol. The average Bonchev–Trinajstić information content (AvgIpc) is 2.54. The van der Waals surface area contributed by atoms with Gasteiger partial charge in [-0.25, -0.2) is 0 Å². The summed E-state index contributed by atoms with van der Waals surface area (Å²) in [6.07, 6.45) is 12.7. The fourth-order valence-electron chi connectivity index (χ4n) is 2.57. The molecule has 1 saturated heterocycles. The molecule has 0 unspecified atom stereocenters. The van der Waals surface area contributed by atoms with Gasteiger partial charge in [0.25, 0.3) is 0 Å². The molecule has 21 heavy (non-hydrogen) atoms. The lowest BCUT2D eigenvalue weighted by Gasteiger charge is -2.22. The molecule has 5 heteroatoms. The second-order valence-electron chi connectivity index (χ2n) is 5.49. The Hall–Kier alpha value is -1.75. The first-order chi connectivity index (χ1) is 10.3. The molecule has 1 aliphatic rings. The number of hydrogen-bond donors (Lipinski definition) is 2. The Morgan fingerprint density at radius 1 is 1.33 bits per heavy atom. The van der Waals surface area contributed by atoms with Crippen molar-refractivity contribution in [1.29, 1.82) is 0 Å². The third-order valence-electron chi connectivity index (χ3n) is 3.83. The molecule has 0 atom stereocenters. The predicted octanol–water partition coefficient (Wildman–Crippen LogP) is 1.78. The van der Waals surface area contributed by atoms with E-state index in [0.29, 0.717) is 0 Å². The molecule has 0 radical (unpaired) electrons.